The van der Waals surface area contributed by atoms with Crippen LogP contribution < -0.4 is 10.6 Å². The predicted molar refractivity (Wildman–Crippen MR) is 128 cm³/mol. The highest BCUT2D eigenvalue weighted by Crippen LogP contribution is 2.49. The average molecular weight is 540 g/mol. The van der Waals surface area contributed by atoms with E-state index in [-0.39, 0.29) is 30.2 Å². The quantitative estimate of drug-likeness (QED) is 0.291. The number of hydrogen-bond acceptors (Lipinski definition) is 13. The Labute approximate surface area is 214 Å². The van der Waals surface area contributed by atoms with Crippen molar-refractivity contribution in [3.8, 4) is 12.3 Å². The van der Waals surface area contributed by atoms with E-state index in [0.29, 0.717) is 0 Å². The van der Waals surface area contributed by atoms with Crippen LogP contribution in [0.5, 0.6) is 0 Å². The van der Waals surface area contributed by atoms with Crippen LogP contribution in [-0.4, -0.2) is 68.4 Å². The molecule has 2 aromatic rings. The molecule has 2 aromatic heterocycles. The van der Waals surface area contributed by atoms with Crippen molar-refractivity contribution >= 4 is 31.0 Å². The minimum Gasteiger partial charge on any atom is -0.756 e. The number of ether oxygens (including phenoxy) is 4. The van der Waals surface area contributed by atoms with E-state index in [1.165, 1.54) is 17.2 Å². The van der Waals surface area contributed by atoms with Crippen molar-refractivity contribution in [2.45, 2.75) is 77.3 Å². The molecule has 3 heterocycles. The number of phosphoric ester groups is 1. The molecule has 2 unspecified atom stereocenters. The third kappa shape index (κ3) is 7.61. The SMILES string of the molecule is C#CCOC(=O)O[C@H]1C(OP(=O)([O-])OC(C)(C)C)[C@@H](COC(C)(C)C)O[C@H]1n1cnc2c(N)ncnc21. The summed E-state index contributed by atoms with van der Waals surface area (Å²) in [6, 6.07) is 0. The van der Waals surface area contributed by atoms with Crippen LogP contribution in [-0.2, 0) is 32.6 Å². The Kier molecular flexibility index (Phi) is 8.48. The van der Waals surface area contributed by atoms with Gasteiger partial charge >= 0.3 is 6.16 Å². The topological polar surface area (TPSA) is 182 Å². The summed E-state index contributed by atoms with van der Waals surface area (Å²) in [6.45, 7) is 9.57. The summed E-state index contributed by atoms with van der Waals surface area (Å²) in [5, 5.41) is 0. The van der Waals surface area contributed by atoms with Crippen molar-refractivity contribution in [1.82, 2.24) is 19.5 Å². The zero-order valence-electron chi connectivity index (χ0n) is 21.4. The number of terminal acetylenes is 1. The Bertz CT molecular complexity index is 1200. The van der Waals surface area contributed by atoms with Gasteiger partial charge in [0.2, 0.25) is 0 Å². The first-order valence-electron chi connectivity index (χ1n) is 11.3. The molecule has 15 heteroatoms. The van der Waals surface area contributed by atoms with E-state index in [9.17, 15) is 14.3 Å². The maximum absolute atomic E-state index is 12.8. The van der Waals surface area contributed by atoms with Crippen LogP contribution in [0.25, 0.3) is 11.2 Å². The molecule has 0 spiro atoms. The molecule has 0 radical (unpaired) electrons. The maximum atomic E-state index is 12.8. The minimum absolute atomic E-state index is 0.107. The fourth-order valence-electron chi connectivity index (χ4n) is 3.46. The number of phosphoric acid groups is 1. The first-order valence-corrected chi connectivity index (χ1v) is 12.8. The monoisotopic (exact) mass is 540 g/mol. The van der Waals surface area contributed by atoms with Gasteiger partial charge in [0.15, 0.2) is 30.4 Å². The Balaban J connectivity index is 2.04. The highest BCUT2D eigenvalue weighted by atomic mass is 31.2. The zero-order valence-corrected chi connectivity index (χ0v) is 22.3. The number of nitrogens with zero attached hydrogens (tertiary/aromatic N) is 4. The van der Waals surface area contributed by atoms with E-state index < -0.39 is 49.7 Å². The number of fused-ring (bicyclic) bond motifs is 1. The van der Waals surface area contributed by atoms with Gasteiger partial charge in [-0.3, -0.25) is 9.13 Å². The molecule has 1 aliphatic rings. The fraction of sp³-hybridized carbons (Fsp3) is 0.636. The number of aromatic nitrogens is 4. The van der Waals surface area contributed by atoms with Gasteiger partial charge in [0, 0.05) is 0 Å². The Morgan fingerprint density at radius 3 is 2.54 bits per heavy atom. The molecule has 1 aliphatic heterocycles. The zero-order chi connectivity index (χ0) is 27.6. The van der Waals surface area contributed by atoms with E-state index in [0.717, 1.165) is 0 Å². The molecule has 3 rings (SSSR count). The summed E-state index contributed by atoms with van der Waals surface area (Å²) in [7, 11) is -4.95. The molecule has 0 saturated carbocycles. The molecule has 1 saturated heterocycles. The summed E-state index contributed by atoms with van der Waals surface area (Å²) in [5.74, 6) is 2.25. The average Bonchev–Trinajstić information content (AvgIpc) is 3.31. The minimum atomic E-state index is -4.95. The van der Waals surface area contributed by atoms with Gasteiger partial charge in [0.05, 0.1) is 24.1 Å². The molecule has 0 aromatic carbocycles. The number of carbonyl (C=O) groups is 1. The highest BCUT2D eigenvalue weighted by molar-refractivity contribution is 7.45. The predicted octanol–water partition coefficient (Wildman–Crippen LogP) is 1.94. The summed E-state index contributed by atoms with van der Waals surface area (Å²) in [4.78, 5) is 37.6. The molecule has 0 bridgehead atoms. The molecule has 0 aliphatic carbocycles. The van der Waals surface area contributed by atoms with Gasteiger partial charge < -0.3 is 38.6 Å². The molecular weight excluding hydrogens is 509 g/mol. The van der Waals surface area contributed by atoms with Crippen molar-refractivity contribution in [2.24, 2.45) is 0 Å². The van der Waals surface area contributed by atoms with Crippen molar-refractivity contribution in [3.63, 3.8) is 0 Å². The van der Waals surface area contributed by atoms with Gasteiger partial charge in [-0.15, -0.1) is 6.42 Å². The standard InChI is InChI=1S/C22H32N5O9P/c1-8-9-31-20(28)34-16-15(35-37(29,30)36-22(5,6)7)13(10-32-21(2,3)4)33-19(16)27-12-26-14-17(23)24-11-25-18(14)27/h1,11-13,15-16,19H,9-10H2,2-7H3,(H,29,30)(H2,23,24,25)/p-1/t13-,15?,16+,19-/m1/s1. The molecule has 204 valence electrons. The molecule has 5 atom stereocenters. The van der Waals surface area contributed by atoms with Crippen LogP contribution in [0.1, 0.15) is 47.8 Å². The van der Waals surface area contributed by atoms with Gasteiger partial charge in [0.25, 0.3) is 7.82 Å². The van der Waals surface area contributed by atoms with Crippen molar-refractivity contribution in [3.05, 3.63) is 12.7 Å². The molecule has 14 nitrogen and oxygen atoms in total. The highest BCUT2D eigenvalue weighted by Gasteiger charge is 2.52. The number of carbonyl (C=O) groups excluding carboxylic acids is 1. The van der Waals surface area contributed by atoms with E-state index >= 15 is 0 Å². The Morgan fingerprint density at radius 1 is 1.22 bits per heavy atom. The second-order valence-corrected chi connectivity index (χ2v) is 11.4. The van der Waals surface area contributed by atoms with E-state index in [1.807, 2.05) is 20.8 Å². The van der Waals surface area contributed by atoms with Crippen LogP contribution in [0.4, 0.5) is 10.6 Å². The van der Waals surface area contributed by atoms with Gasteiger partial charge in [0.1, 0.15) is 24.1 Å². The van der Waals surface area contributed by atoms with Crippen molar-refractivity contribution < 1.29 is 42.2 Å². The third-order valence-electron chi connectivity index (χ3n) is 4.77. The van der Waals surface area contributed by atoms with Gasteiger partial charge in [-0.25, -0.2) is 19.7 Å². The number of anilines is 1. The number of rotatable bonds is 8. The number of nitrogen functional groups attached to an aromatic ring is 1. The lowest BCUT2D eigenvalue weighted by Gasteiger charge is -2.35. The first kappa shape index (κ1) is 28.8. The van der Waals surface area contributed by atoms with Gasteiger partial charge in [-0.2, -0.15) is 0 Å². The van der Waals surface area contributed by atoms with Crippen LogP contribution in [0.3, 0.4) is 0 Å². The van der Waals surface area contributed by atoms with Gasteiger partial charge in [-0.1, -0.05) is 5.92 Å². The van der Waals surface area contributed by atoms with E-state index in [2.05, 4.69) is 20.9 Å². The van der Waals surface area contributed by atoms with Crippen LogP contribution >= 0.6 is 7.82 Å². The Hall–Kier alpha value is -2.79. The summed E-state index contributed by atoms with van der Waals surface area (Å²) >= 11 is 0. The lowest BCUT2D eigenvalue weighted by Crippen LogP contribution is -2.41. The van der Waals surface area contributed by atoms with Crippen LogP contribution in [0.2, 0.25) is 0 Å². The smallest absolute Gasteiger partial charge is 0.509 e. The number of nitrogens with two attached hydrogens (primary N) is 1. The van der Waals surface area contributed by atoms with Crippen LogP contribution in [0.15, 0.2) is 12.7 Å². The molecule has 0 amide bonds. The van der Waals surface area contributed by atoms with Gasteiger partial charge in [-0.05, 0) is 41.5 Å². The van der Waals surface area contributed by atoms with Crippen molar-refractivity contribution in [1.29, 1.82) is 0 Å². The summed E-state index contributed by atoms with van der Waals surface area (Å²) in [5.41, 5.74) is 4.70. The lowest BCUT2D eigenvalue weighted by atomic mass is 10.1. The normalized spacial score (nSPS) is 23.9. The van der Waals surface area contributed by atoms with Crippen molar-refractivity contribution in [2.75, 3.05) is 18.9 Å². The fourth-order valence-corrected chi connectivity index (χ4v) is 4.73. The first-order chi connectivity index (χ1) is 17.1. The largest absolute Gasteiger partial charge is 0.756 e. The molecule has 2 N–H and O–H groups in total. The number of hydrogen-bond donors (Lipinski definition) is 1. The third-order valence-corrected chi connectivity index (χ3v) is 6.04. The molecular formula is C22H31N5O9P-. The Morgan fingerprint density at radius 2 is 1.92 bits per heavy atom. The maximum Gasteiger partial charge on any atom is 0.509 e. The molecule has 1 fully saturated rings. The number of imidazole rings is 1. The van der Waals surface area contributed by atoms with Crippen LogP contribution in [0, 0.1) is 12.3 Å². The summed E-state index contributed by atoms with van der Waals surface area (Å²) < 4.78 is 47.1. The summed E-state index contributed by atoms with van der Waals surface area (Å²) in [6.07, 6.45) is 1.53. The molecule has 37 heavy (non-hydrogen) atoms. The lowest BCUT2D eigenvalue weighted by molar-refractivity contribution is -0.242. The second-order valence-electron chi connectivity index (χ2n) is 10.1. The van der Waals surface area contributed by atoms with E-state index in [4.69, 9.17) is 40.2 Å². The van der Waals surface area contributed by atoms with E-state index in [1.54, 1.807) is 20.8 Å². The second kappa shape index (κ2) is 10.9.